The fourth-order valence-electron chi connectivity index (χ4n) is 4.01. The van der Waals surface area contributed by atoms with E-state index in [0.29, 0.717) is 48.3 Å². The van der Waals surface area contributed by atoms with Crippen LogP contribution < -0.4 is 10.1 Å². The molecule has 8 heteroatoms. The van der Waals surface area contributed by atoms with Gasteiger partial charge in [-0.3, -0.25) is 9.59 Å². The number of ether oxygens (including phenoxy) is 1. The van der Waals surface area contributed by atoms with Crippen LogP contribution in [0, 0.1) is 11.8 Å². The molecule has 0 saturated carbocycles. The number of nitrogens with zero attached hydrogens (tertiary/aromatic N) is 1. The monoisotopic (exact) mass is 458 g/mol. The molecular weight excluding hydrogens is 428 g/mol. The number of nitrogens with one attached hydrogen (secondary N) is 1. The molecule has 0 bridgehead atoms. The average Bonchev–Trinajstić information content (AvgIpc) is 2.77. The molecular formula is C24H30N2O5S. The van der Waals surface area contributed by atoms with Crippen LogP contribution in [0.5, 0.6) is 5.75 Å². The van der Waals surface area contributed by atoms with Gasteiger partial charge in [-0.15, -0.1) is 0 Å². The van der Waals surface area contributed by atoms with Gasteiger partial charge in [0, 0.05) is 25.2 Å². The minimum atomic E-state index is -3.57. The summed E-state index contributed by atoms with van der Waals surface area (Å²) in [5, 5.41) is 2.69. The summed E-state index contributed by atoms with van der Waals surface area (Å²) < 4.78 is 33.0. The quantitative estimate of drug-likeness (QED) is 0.605. The molecule has 2 aromatic carbocycles. The van der Waals surface area contributed by atoms with Gasteiger partial charge in [-0.1, -0.05) is 32.9 Å². The van der Waals surface area contributed by atoms with E-state index in [-0.39, 0.29) is 17.3 Å². The van der Waals surface area contributed by atoms with Gasteiger partial charge in [0.2, 0.25) is 10.0 Å². The molecule has 0 radical (unpaired) electrons. The number of benzene rings is 2. The van der Waals surface area contributed by atoms with E-state index in [1.807, 2.05) is 0 Å². The van der Waals surface area contributed by atoms with Gasteiger partial charge in [0.05, 0.1) is 10.5 Å². The van der Waals surface area contributed by atoms with Crippen LogP contribution in [-0.4, -0.2) is 44.1 Å². The van der Waals surface area contributed by atoms with Crippen molar-refractivity contribution < 1.29 is 22.7 Å². The minimum Gasteiger partial charge on any atom is -0.483 e. The summed E-state index contributed by atoms with van der Waals surface area (Å²) in [7, 11) is -3.57. The zero-order chi connectivity index (χ0) is 23.3. The number of carbonyl (C=O) groups is 2. The fraction of sp³-hybridized carbons (Fsp3) is 0.417. The molecule has 2 aromatic rings. The molecule has 0 aromatic heterocycles. The minimum absolute atomic E-state index is 0.0599. The third-order valence-electron chi connectivity index (χ3n) is 5.48. The standard InChI is InChI=1S/C24H30N2O5S/c1-4-22(27)21-7-5-6-8-23(21)31-16-24(28)25-19-9-11-20(12-10-19)32(29,30)26-14-17(2)13-18(3)15-26/h5-12,17-18H,4,13-16H2,1-3H3,(H,25,28)/t17-,18-/m1/s1. The van der Waals surface area contributed by atoms with Crippen molar-refractivity contribution in [3.8, 4) is 5.75 Å². The number of hydrogen-bond donors (Lipinski definition) is 1. The van der Waals surface area contributed by atoms with Crippen LogP contribution in [0.25, 0.3) is 0 Å². The number of amides is 1. The van der Waals surface area contributed by atoms with Gasteiger partial charge in [0.15, 0.2) is 12.4 Å². The highest BCUT2D eigenvalue weighted by Crippen LogP contribution is 2.27. The van der Waals surface area contributed by atoms with Gasteiger partial charge in [-0.2, -0.15) is 4.31 Å². The number of Topliss-reactive ketones (excluding diaryl/α,β-unsaturated/α-hetero) is 1. The Morgan fingerprint density at radius 1 is 1.03 bits per heavy atom. The molecule has 2 atom stereocenters. The molecule has 1 aliphatic heterocycles. The molecule has 0 unspecified atom stereocenters. The normalized spacial score (nSPS) is 19.3. The number of sulfonamides is 1. The Kier molecular flexibility index (Phi) is 7.69. The number of rotatable bonds is 8. The molecule has 1 saturated heterocycles. The lowest BCUT2D eigenvalue weighted by Gasteiger charge is -2.34. The maximum Gasteiger partial charge on any atom is 0.262 e. The van der Waals surface area contributed by atoms with Crippen LogP contribution in [0.4, 0.5) is 5.69 Å². The summed E-state index contributed by atoms with van der Waals surface area (Å²) in [6.07, 6.45) is 1.37. The van der Waals surface area contributed by atoms with Crippen molar-refractivity contribution in [2.45, 2.75) is 38.5 Å². The zero-order valence-corrected chi connectivity index (χ0v) is 19.5. The zero-order valence-electron chi connectivity index (χ0n) is 18.7. The topological polar surface area (TPSA) is 92.8 Å². The van der Waals surface area contributed by atoms with Crippen molar-refractivity contribution in [1.29, 1.82) is 0 Å². The summed E-state index contributed by atoms with van der Waals surface area (Å²) in [6.45, 7) is 6.67. The lowest BCUT2D eigenvalue weighted by atomic mass is 9.94. The van der Waals surface area contributed by atoms with Gasteiger partial charge in [0.1, 0.15) is 5.75 Å². The maximum absolute atomic E-state index is 13.0. The van der Waals surface area contributed by atoms with Gasteiger partial charge in [-0.25, -0.2) is 8.42 Å². The van der Waals surface area contributed by atoms with E-state index in [9.17, 15) is 18.0 Å². The van der Waals surface area contributed by atoms with Crippen LogP contribution in [0.15, 0.2) is 53.4 Å². The molecule has 1 fully saturated rings. The van der Waals surface area contributed by atoms with E-state index in [0.717, 1.165) is 6.42 Å². The molecule has 1 N–H and O–H groups in total. The lowest BCUT2D eigenvalue weighted by molar-refractivity contribution is -0.118. The SMILES string of the molecule is CCC(=O)c1ccccc1OCC(=O)Nc1ccc(S(=O)(=O)N2C[C@H](C)C[C@@H](C)C2)cc1. The molecule has 0 aliphatic carbocycles. The third kappa shape index (κ3) is 5.75. The molecule has 1 heterocycles. The van der Waals surface area contributed by atoms with Crippen LogP contribution in [0.1, 0.15) is 44.0 Å². The molecule has 7 nitrogen and oxygen atoms in total. The van der Waals surface area contributed by atoms with Crippen LogP contribution in [-0.2, 0) is 14.8 Å². The number of para-hydroxylation sites is 1. The molecule has 1 amide bonds. The number of ketones is 1. The Balaban J connectivity index is 1.61. The van der Waals surface area contributed by atoms with Crippen LogP contribution in [0.3, 0.4) is 0 Å². The van der Waals surface area contributed by atoms with Crippen molar-refractivity contribution in [3.05, 3.63) is 54.1 Å². The Bertz CT molecular complexity index is 1060. The second kappa shape index (κ2) is 10.3. The van der Waals surface area contributed by atoms with Crippen molar-refractivity contribution >= 4 is 27.4 Å². The number of piperidine rings is 1. The Hall–Kier alpha value is -2.71. The largest absolute Gasteiger partial charge is 0.483 e. The predicted molar refractivity (Wildman–Crippen MR) is 123 cm³/mol. The first kappa shape index (κ1) is 23.9. The van der Waals surface area contributed by atoms with Crippen molar-refractivity contribution in [3.63, 3.8) is 0 Å². The first-order chi connectivity index (χ1) is 15.2. The highest BCUT2D eigenvalue weighted by Gasteiger charge is 2.31. The first-order valence-electron chi connectivity index (χ1n) is 10.9. The van der Waals surface area contributed by atoms with Gasteiger partial charge in [0.25, 0.3) is 5.91 Å². The highest BCUT2D eigenvalue weighted by atomic mass is 32.2. The summed E-state index contributed by atoms with van der Waals surface area (Å²) in [5.74, 6) is 0.545. The van der Waals surface area contributed by atoms with Crippen molar-refractivity contribution in [2.75, 3.05) is 25.0 Å². The number of carbonyl (C=O) groups excluding carboxylic acids is 2. The highest BCUT2D eigenvalue weighted by molar-refractivity contribution is 7.89. The second-order valence-electron chi connectivity index (χ2n) is 8.40. The van der Waals surface area contributed by atoms with E-state index in [1.54, 1.807) is 47.6 Å². The maximum atomic E-state index is 13.0. The van der Waals surface area contributed by atoms with E-state index in [1.165, 1.54) is 12.1 Å². The molecule has 172 valence electrons. The smallest absolute Gasteiger partial charge is 0.262 e. The molecule has 1 aliphatic rings. The van der Waals surface area contributed by atoms with E-state index < -0.39 is 15.9 Å². The second-order valence-corrected chi connectivity index (χ2v) is 10.3. The molecule has 0 spiro atoms. The summed E-state index contributed by atoms with van der Waals surface area (Å²) in [5.41, 5.74) is 0.912. The van der Waals surface area contributed by atoms with Crippen molar-refractivity contribution in [1.82, 2.24) is 4.31 Å². The van der Waals surface area contributed by atoms with Gasteiger partial charge < -0.3 is 10.1 Å². The number of anilines is 1. The predicted octanol–water partition coefficient (Wildman–Crippen LogP) is 3.96. The third-order valence-corrected chi connectivity index (χ3v) is 7.32. The average molecular weight is 459 g/mol. The molecule has 32 heavy (non-hydrogen) atoms. The Labute approximate surface area is 189 Å². The van der Waals surface area contributed by atoms with E-state index >= 15 is 0 Å². The van der Waals surface area contributed by atoms with E-state index in [2.05, 4.69) is 19.2 Å². The fourth-order valence-corrected chi connectivity index (χ4v) is 5.69. The molecule has 3 rings (SSSR count). The Morgan fingerprint density at radius 3 is 2.28 bits per heavy atom. The van der Waals surface area contributed by atoms with Gasteiger partial charge in [-0.05, 0) is 54.7 Å². The first-order valence-corrected chi connectivity index (χ1v) is 12.3. The summed E-state index contributed by atoms with van der Waals surface area (Å²) in [4.78, 5) is 24.5. The summed E-state index contributed by atoms with van der Waals surface area (Å²) in [6, 6.07) is 12.9. The summed E-state index contributed by atoms with van der Waals surface area (Å²) >= 11 is 0. The Morgan fingerprint density at radius 2 is 1.66 bits per heavy atom. The van der Waals surface area contributed by atoms with Gasteiger partial charge >= 0.3 is 0 Å². The lowest BCUT2D eigenvalue weighted by Crippen LogP contribution is -2.42. The van der Waals surface area contributed by atoms with Crippen LogP contribution >= 0.6 is 0 Å². The number of hydrogen-bond acceptors (Lipinski definition) is 5. The van der Waals surface area contributed by atoms with E-state index in [4.69, 9.17) is 4.74 Å². The van der Waals surface area contributed by atoms with Crippen LogP contribution in [0.2, 0.25) is 0 Å². The van der Waals surface area contributed by atoms with Crippen molar-refractivity contribution in [2.24, 2.45) is 11.8 Å².